The molecule has 5 heteroatoms. The zero-order valence-electron chi connectivity index (χ0n) is 10.6. The summed E-state index contributed by atoms with van der Waals surface area (Å²) in [6, 6.07) is 1.86. The topological polar surface area (TPSA) is 58.4 Å². The number of hydrogen-bond donors (Lipinski definition) is 1. The highest BCUT2D eigenvalue weighted by Gasteiger charge is 2.31. The van der Waals surface area contributed by atoms with Crippen molar-refractivity contribution in [3.63, 3.8) is 0 Å². The maximum absolute atomic E-state index is 12.2. The van der Waals surface area contributed by atoms with Gasteiger partial charge in [0.1, 0.15) is 11.5 Å². The number of aryl methyl sites for hydroxylation is 1. The fourth-order valence-corrected chi connectivity index (χ4v) is 2.24. The second kappa shape index (κ2) is 4.87. The fraction of sp³-hybridized carbons (Fsp3) is 0.667. The maximum atomic E-state index is 12.2. The molecule has 0 radical (unpaired) electrons. The summed E-state index contributed by atoms with van der Waals surface area (Å²) >= 11 is 0. The van der Waals surface area contributed by atoms with Crippen molar-refractivity contribution >= 4 is 5.91 Å². The lowest BCUT2D eigenvalue weighted by atomic mass is 9.97. The third-order valence-electron chi connectivity index (χ3n) is 3.29. The van der Waals surface area contributed by atoms with Crippen molar-refractivity contribution < 1.29 is 9.32 Å². The largest absolute Gasteiger partial charge is 0.361 e. The molecular weight excluding hydrogens is 218 g/mol. The first kappa shape index (κ1) is 12.1. The zero-order valence-corrected chi connectivity index (χ0v) is 10.6. The highest BCUT2D eigenvalue weighted by Crippen LogP contribution is 2.19. The Kier molecular flexibility index (Phi) is 3.47. The van der Waals surface area contributed by atoms with Crippen molar-refractivity contribution in [2.24, 2.45) is 11.8 Å². The predicted octanol–water partition coefficient (Wildman–Crippen LogP) is 0.797. The van der Waals surface area contributed by atoms with Crippen molar-refractivity contribution in [2.45, 2.75) is 20.4 Å². The molecule has 94 valence electrons. The first-order chi connectivity index (χ1) is 8.08. The van der Waals surface area contributed by atoms with E-state index in [0.717, 1.165) is 24.5 Å². The average Bonchev–Trinajstić information content (AvgIpc) is 2.86. The number of aromatic nitrogens is 1. The Labute approximate surface area is 101 Å². The van der Waals surface area contributed by atoms with Gasteiger partial charge in [-0.15, -0.1) is 0 Å². The number of nitrogens with zero attached hydrogens (tertiary/aromatic N) is 2. The molecule has 1 aromatic heterocycles. The van der Waals surface area contributed by atoms with Crippen molar-refractivity contribution in [3.8, 4) is 0 Å². The van der Waals surface area contributed by atoms with Crippen molar-refractivity contribution in [2.75, 3.05) is 20.1 Å². The van der Waals surface area contributed by atoms with E-state index in [1.165, 1.54) is 0 Å². The van der Waals surface area contributed by atoms with E-state index in [1.54, 1.807) is 4.90 Å². The molecule has 0 aliphatic carbocycles. The second-order valence-corrected chi connectivity index (χ2v) is 4.87. The molecule has 17 heavy (non-hydrogen) atoms. The van der Waals surface area contributed by atoms with Gasteiger partial charge in [0.05, 0.1) is 12.5 Å². The van der Waals surface area contributed by atoms with E-state index in [4.69, 9.17) is 4.52 Å². The van der Waals surface area contributed by atoms with E-state index >= 15 is 0 Å². The van der Waals surface area contributed by atoms with Gasteiger partial charge in [0.25, 0.3) is 0 Å². The van der Waals surface area contributed by atoms with Crippen LogP contribution in [0.5, 0.6) is 0 Å². The quantitative estimate of drug-likeness (QED) is 0.844. The van der Waals surface area contributed by atoms with Crippen LogP contribution >= 0.6 is 0 Å². The SMILES string of the molecule is Cc1cc(CN(C)C(=O)C2CNCC2C)no1. The summed E-state index contributed by atoms with van der Waals surface area (Å²) in [5.41, 5.74) is 0.803. The first-order valence-electron chi connectivity index (χ1n) is 5.96. The van der Waals surface area contributed by atoms with Crippen molar-refractivity contribution in [1.29, 1.82) is 0 Å². The van der Waals surface area contributed by atoms with Crippen LogP contribution in [0.3, 0.4) is 0 Å². The summed E-state index contributed by atoms with van der Waals surface area (Å²) in [7, 11) is 1.82. The minimum absolute atomic E-state index is 0.0907. The second-order valence-electron chi connectivity index (χ2n) is 4.87. The fourth-order valence-electron chi connectivity index (χ4n) is 2.24. The van der Waals surface area contributed by atoms with E-state index in [0.29, 0.717) is 12.5 Å². The molecule has 1 amide bonds. The predicted molar refractivity (Wildman–Crippen MR) is 63.2 cm³/mol. The monoisotopic (exact) mass is 237 g/mol. The van der Waals surface area contributed by atoms with Crippen LogP contribution in [-0.4, -0.2) is 36.1 Å². The highest BCUT2D eigenvalue weighted by atomic mass is 16.5. The van der Waals surface area contributed by atoms with Gasteiger partial charge in [-0.25, -0.2) is 0 Å². The molecule has 1 fully saturated rings. The van der Waals surface area contributed by atoms with Gasteiger partial charge < -0.3 is 14.7 Å². The van der Waals surface area contributed by atoms with Gasteiger partial charge in [-0.2, -0.15) is 0 Å². The summed E-state index contributed by atoms with van der Waals surface area (Å²) in [5.74, 6) is 1.46. The summed E-state index contributed by atoms with van der Waals surface area (Å²) in [5, 5.41) is 7.14. The van der Waals surface area contributed by atoms with Crippen LogP contribution in [0.25, 0.3) is 0 Å². The van der Waals surface area contributed by atoms with E-state index < -0.39 is 0 Å². The Morgan fingerprint density at radius 2 is 2.41 bits per heavy atom. The molecule has 0 saturated carbocycles. The van der Waals surface area contributed by atoms with Crippen LogP contribution in [0.2, 0.25) is 0 Å². The van der Waals surface area contributed by atoms with E-state index in [2.05, 4.69) is 17.4 Å². The molecule has 1 saturated heterocycles. The summed E-state index contributed by atoms with van der Waals surface area (Å²) in [6.45, 7) is 6.17. The highest BCUT2D eigenvalue weighted by molar-refractivity contribution is 5.79. The van der Waals surface area contributed by atoms with Gasteiger partial charge in [0.15, 0.2) is 0 Å². The number of hydrogen-bond acceptors (Lipinski definition) is 4. The minimum atomic E-state index is 0.0907. The van der Waals surface area contributed by atoms with Crippen LogP contribution < -0.4 is 5.32 Å². The van der Waals surface area contributed by atoms with Gasteiger partial charge in [0.2, 0.25) is 5.91 Å². The van der Waals surface area contributed by atoms with E-state index in [-0.39, 0.29) is 11.8 Å². The van der Waals surface area contributed by atoms with Crippen molar-refractivity contribution in [1.82, 2.24) is 15.4 Å². The summed E-state index contributed by atoms with van der Waals surface area (Å²) in [4.78, 5) is 13.9. The lowest BCUT2D eigenvalue weighted by Crippen LogP contribution is -2.35. The third kappa shape index (κ3) is 2.66. The van der Waals surface area contributed by atoms with Crippen LogP contribution in [0, 0.1) is 18.8 Å². The number of rotatable bonds is 3. The molecule has 2 unspecified atom stereocenters. The van der Waals surface area contributed by atoms with Gasteiger partial charge in [0, 0.05) is 19.7 Å². The summed E-state index contributed by atoms with van der Waals surface area (Å²) in [6.07, 6.45) is 0. The molecule has 2 heterocycles. The van der Waals surface area contributed by atoms with Gasteiger partial charge in [-0.1, -0.05) is 12.1 Å². The Morgan fingerprint density at radius 1 is 1.65 bits per heavy atom. The molecule has 1 aliphatic heterocycles. The molecule has 5 nitrogen and oxygen atoms in total. The zero-order chi connectivity index (χ0) is 12.4. The molecule has 0 aromatic carbocycles. The Bertz CT molecular complexity index is 402. The smallest absolute Gasteiger partial charge is 0.227 e. The van der Waals surface area contributed by atoms with Crippen LogP contribution in [0.15, 0.2) is 10.6 Å². The van der Waals surface area contributed by atoms with Gasteiger partial charge in [-0.3, -0.25) is 4.79 Å². The molecule has 0 bridgehead atoms. The first-order valence-corrected chi connectivity index (χ1v) is 5.96. The lowest BCUT2D eigenvalue weighted by molar-refractivity contribution is -0.135. The molecule has 1 aromatic rings. The molecule has 1 N–H and O–H groups in total. The Hall–Kier alpha value is -1.36. The number of carbonyl (C=O) groups excluding carboxylic acids is 1. The molecule has 1 aliphatic rings. The molecule has 2 rings (SSSR count). The van der Waals surface area contributed by atoms with Gasteiger partial charge >= 0.3 is 0 Å². The third-order valence-corrected chi connectivity index (χ3v) is 3.29. The molecule has 2 atom stereocenters. The minimum Gasteiger partial charge on any atom is -0.361 e. The maximum Gasteiger partial charge on any atom is 0.227 e. The lowest BCUT2D eigenvalue weighted by Gasteiger charge is -2.21. The number of carbonyl (C=O) groups is 1. The number of nitrogens with one attached hydrogen (secondary N) is 1. The summed E-state index contributed by atoms with van der Waals surface area (Å²) < 4.78 is 4.99. The Morgan fingerprint density at radius 3 is 2.94 bits per heavy atom. The molecule has 0 spiro atoms. The van der Waals surface area contributed by atoms with Crippen LogP contribution in [-0.2, 0) is 11.3 Å². The van der Waals surface area contributed by atoms with Crippen LogP contribution in [0.1, 0.15) is 18.4 Å². The Balaban J connectivity index is 1.95. The van der Waals surface area contributed by atoms with Crippen molar-refractivity contribution in [3.05, 3.63) is 17.5 Å². The molecular formula is C12H19N3O2. The van der Waals surface area contributed by atoms with Crippen LogP contribution in [0.4, 0.5) is 0 Å². The number of amides is 1. The van der Waals surface area contributed by atoms with E-state index in [9.17, 15) is 4.79 Å². The van der Waals surface area contributed by atoms with Gasteiger partial charge in [-0.05, 0) is 19.4 Å². The standard InChI is InChI=1S/C12H19N3O2/c1-8-5-13-6-11(8)12(16)15(3)7-10-4-9(2)17-14-10/h4,8,11,13H,5-7H2,1-3H3. The van der Waals surface area contributed by atoms with E-state index in [1.807, 2.05) is 20.0 Å². The normalized spacial score (nSPS) is 23.9. The average molecular weight is 237 g/mol.